The smallest absolute Gasteiger partial charge is 0.342 e. The first-order valence-corrected chi connectivity index (χ1v) is 8.11. The average molecular weight is 335 g/mol. The molecule has 0 aromatic heterocycles. The van der Waals surface area contributed by atoms with Gasteiger partial charge >= 0.3 is 5.97 Å². The Morgan fingerprint density at radius 1 is 1.12 bits per heavy atom. The molecular formula is C18H25NO5. The summed E-state index contributed by atoms with van der Waals surface area (Å²) in [4.78, 5) is 26.3. The second kappa shape index (κ2) is 8.04. The first-order chi connectivity index (χ1) is 11.4. The van der Waals surface area contributed by atoms with Crippen molar-refractivity contribution >= 4 is 11.9 Å². The van der Waals surface area contributed by atoms with Crippen LogP contribution in [0.15, 0.2) is 18.2 Å². The van der Waals surface area contributed by atoms with Crippen molar-refractivity contribution in [3.63, 3.8) is 0 Å². The molecule has 6 heteroatoms. The zero-order chi connectivity index (χ0) is 17.7. The number of piperidine rings is 1. The highest BCUT2D eigenvalue weighted by atomic mass is 16.5. The van der Waals surface area contributed by atoms with E-state index in [1.165, 1.54) is 14.2 Å². The minimum absolute atomic E-state index is 0.158. The Labute approximate surface area is 142 Å². The molecule has 0 saturated carbocycles. The predicted molar refractivity (Wildman–Crippen MR) is 89.4 cm³/mol. The number of carbonyl (C=O) groups excluding carboxylic acids is 2. The Balaban J connectivity index is 1.96. The molecule has 1 aliphatic rings. The van der Waals surface area contributed by atoms with E-state index in [2.05, 4.69) is 13.8 Å². The molecule has 2 atom stereocenters. The monoisotopic (exact) mass is 335 g/mol. The summed E-state index contributed by atoms with van der Waals surface area (Å²) in [6, 6.07) is 4.82. The van der Waals surface area contributed by atoms with Gasteiger partial charge in [0.1, 0.15) is 17.1 Å². The minimum Gasteiger partial charge on any atom is -0.497 e. The summed E-state index contributed by atoms with van der Waals surface area (Å²) in [7, 11) is 3.00. The van der Waals surface area contributed by atoms with Crippen molar-refractivity contribution in [3.8, 4) is 11.5 Å². The molecule has 0 unspecified atom stereocenters. The van der Waals surface area contributed by atoms with Crippen LogP contribution in [-0.4, -0.2) is 50.7 Å². The Bertz CT molecular complexity index is 591. The summed E-state index contributed by atoms with van der Waals surface area (Å²) in [5.41, 5.74) is 0.270. The Hall–Kier alpha value is -2.24. The van der Waals surface area contributed by atoms with Crippen LogP contribution >= 0.6 is 0 Å². The van der Waals surface area contributed by atoms with Crippen LogP contribution in [0.1, 0.15) is 30.6 Å². The molecule has 132 valence electrons. The van der Waals surface area contributed by atoms with Gasteiger partial charge < -0.3 is 19.1 Å². The maximum Gasteiger partial charge on any atom is 0.342 e. The van der Waals surface area contributed by atoms with E-state index >= 15 is 0 Å². The lowest BCUT2D eigenvalue weighted by molar-refractivity contribution is -0.137. The number of nitrogens with zero attached hydrogens (tertiary/aromatic N) is 1. The van der Waals surface area contributed by atoms with Gasteiger partial charge in [-0.25, -0.2) is 4.79 Å². The van der Waals surface area contributed by atoms with Gasteiger partial charge in [-0.2, -0.15) is 0 Å². The van der Waals surface area contributed by atoms with Gasteiger partial charge in [0, 0.05) is 19.2 Å². The molecule has 2 rings (SSSR count). The maximum atomic E-state index is 12.3. The largest absolute Gasteiger partial charge is 0.497 e. The van der Waals surface area contributed by atoms with E-state index in [1.54, 1.807) is 23.1 Å². The molecule has 1 aliphatic heterocycles. The highest BCUT2D eigenvalue weighted by Gasteiger charge is 2.26. The van der Waals surface area contributed by atoms with Crippen molar-refractivity contribution in [1.29, 1.82) is 0 Å². The topological polar surface area (TPSA) is 65.1 Å². The van der Waals surface area contributed by atoms with Crippen LogP contribution in [-0.2, 0) is 9.53 Å². The zero-order valence-corrected chi connectivity index (χ0v) is 14.7. The maximum absolute atomic E-state index is 12.3. The molecule has 0 N–H and O–H groups in total. The second-order valence-electron chi connectivity index (χ2n) is 6.39. The van der Waals surface area contributed by atoms with Gasteiger partial charge in [-0.05, 0) is 30.4 Å². The molecule has 0 radical (unpaired) electrons. The number of methoxy groups -OCH3 is 2. The third-order valence-corrected chi connectivity index (χ3v) is 4.18. The Kier molecular flexibility index (Phi) is 6.06. The van der Waals surface area contributed by atoms with Gasteiger partial charge in [0.2, 0.25) is 0 Å². The number of hydrogen-bond donors (Lipinski definition) is 0. The molecule has 24 heavy (non-hydrogen) atoms. The van der Waals surface area contributed by atoms with Crippen molar-refractivity contribution < 1.29 is 23.8 Å². The quantitative estimate of drug-likeness (QED) is 0.773. The molecule has 1 fully saturated rings. The average Bonchev–Trinajstić information content (AvgIpc) is 2.57. The van der Waals surface area contributed by atoms with E-state index < -0.39 is 5.97 Å². The molecule has 0 bridgehead atoms. The van der Waals surface area contributed by atoms with E-state index in [4.69, 9.17) is 14.2 Å². The number of esters is 1. The third-order valence-electron chi connectivity index (χ3n) is 4.18. The predicted octanol–water partition coefficient (Wildman–Crippen LogP) is 2.37. The SMILES string of the molecule is COc1ccc(C(=O)OCC(=O)N2C[C@H](C)C[C@@H](C)C2)c(OC)c1. The number of ether oxygens (including phenoxy) is 3. The number of amides is 1. The Morgan fingerprint density at radius 3 is 2.38 bits per heavy atom. The van der Waals surface area contributed by atoms with Crippen LogP contribution in [0, 0.1) is 11.8 Å². The summed E-state index contributed by atoms with van der Waals surface area (Å²) in [6.45, 7) is 5.43. The summed E-state index contributed by atoms with van der Waals surface area (Å²) in [5.74, 6) is 1.13. The number of carbonyl (C=O) groups is 2. The summed E-state index contributed by atoms with van der Waals surface area (Å²) >= 11 is 0. The number of likely N-dealkylation sites (tertiary alicyclic amines) is 1. The molecule has 1 aromatic carbocycles. The lowest BCUT2D eigenvalue weighted by atomic mass is 9.92. The molecule has 1 aromatic rings. The first-order valence-electron chi connectivity index (χ1n) is 8.11. The highest BCUT2D eigenvalue weighted by molar-refractivity contribution is 5.94. The van der Waals surface area contributed by atoms with Gasteiger partial charge in [-0.1, -0.05) is 13.8 Å². The van der Waals surface area contributed by atoms with Crippen molar-refractivity contribution in [2.45, 2.75) is 20.3 Å². The van der Waals surface area contributed by atoms with Crippen LogP contribution in [0.25, 0.3) is 0 Å². The van der Waals surface area contributed by atoms with E-state index in [0.717, 1.165) is 6.42 Å². The van der Waals surface area contributed by atoms with Crippen LogP contribution < -0.4 is 9.47 Å². The summed E-state index contributed by atoms with van der Waals surface area (Å²) in [6.07, 6.45) is 1.12. The van der Waals surface area contributed by atoms with Gasteiger partial charge in [0.05, 0.1) is 14.2 Å². The van der Waals surface area contributed by atoms with E-state index in [9.17, 15) is 9.59 Å². The molecular weight excluding hydrogens is 310 g/mol. The van der Waals surface area contributed by atoms with Crippen LogP contribution in [0.5, 0.6) is 11.5 Å². The molecule has 0 aliphatic carbocycles. The zero-order valence-electron chi connectivity index (χ0n) is 14.7. The molecule has 6 nitrogen and oxygen atoms in total. The fraction of sp³-hybridized carbons (Fsp3) is 0.556. The third kappa shape index (κ3) is 4.40. The number of rotatable bonds is 5. The summed E-state index contributed by atoms with van der Waals surface area (Å²) in [5, 5.41) is 0. The van der Waals surface area contributed by atoms with Gasteiger partial charge in [0.15, 0.2) is 6.61 Å². The lowest BCUT2D eigenvalue weighted by Gasteiger charge is -2.34. The molecule has 1 amide bonds. The fourth-order valence-corrected chi connectivity index (χ4v) is 3.13. The summed E-state index contributed by atoms with van der Waals surface area (Å²) < 4.78 is 15.5. The van der Waals surface area contributed by atoms with Crippen molar-refractivity contribution in [2.75, 3.05) is 33.9 Å². The molecule has 1 saturated heterocycles. The van der Waals surface area contributed by atoms with Gasteiger partial charge in [-0.3, -0.25) is 4.79 Å². The minimum atomic E-state index is -0.582. The van der Waals surface area contributed by atoms with Crippen molar-refractivity contribution in [1.82, 2.24) is 4.90 Å². The fourth-order valence-electron chi connectivity index (χ4n) is 3.13. The van der Waals surface area contributed by atoms with E-state index in [-0.39, 0.29) is 18.1 Å². The highest BCUT2D eigenvalue weighted by Crippen LogP contribution is 2.25. The van der Waals surface area contributed by atoms with Crippen molar-refractivity contribution in [2.24, 2.45) is 11.8 Å². The number of hydrogen-bond acceptors (Lipinski definition) is 5. The van der Waals surface area contributed by atoms with E-state index in [1.807, 2.05) is 0 Å². The Morgan fingerprint density at radius 2 is 1.79 bits per heavy atom. The van der Waals surface area contributed by atoms with Gasteiger partial charge in [-0.15, -0.1) is 0 Å². The first kappa shape index (κ1) is 18.1. The molecule has 0 spiro atoms. The van der Waals surface area contributed by atoms with Crippen LogP contribution in [0.3, 0.4) is 0 Å². The number of benzene rings is 1. The lowest BCUT2D eigenvalue weighted by Crippen LogP contribution is -2.44. The van der Waals surface area contributed by atoms with Crippen LogP contribution in [0.2, 0.25) is 0 Å². The van der Waals surface area contributed by atoms with Crippen molar-refractivity contribution in [3.05, 3.63) is 23.8 Å². The van der Waals surface area contributed by atoms with Gasteiger partial charge in [0.25, 0.3) is 5.91 Å². The van der Waals surface area contributed by atoms with E-state index in [0.29, 0.717) is 36.4 Å². The standard InChI is InChI=1S/C18H25NO5/c1-12-7-13(2)10-19(9-12)17(20)11-24-18(21)15-6-5-14(22-3)8-16(15)23-4/h5-6,8,12-13H,7,9-11H2,1-4H3/t12-,13-/m1/s1. The van der Waals surface area contributed by atoms with Crippen LogP contribution in [0.4, 0.5) is 0 Å². The molecule has 1 heterocycles. The normalized spacial score (nSPS) is 20.4. The second-order valence-corrected chi connectivity index (χ2v) is 6.39.